The van der Waals surface area contributed by atoms with Crippen molar-refractivity contribution in [2.75, 3.05) is 20.6 Å². The van der Waals surface area contributed by atoms with Gasteiger partial charge in [0.05, 0.1) is 0 Å². The van der Waals surface area contributed by atoms with Crippen molar-refractivity contribution in [3.8, 4) is 0 Å². The Morgan fingerprint density at radius 1 is 1.39 bits per heavy atom. The Morgan fingerprint density at radius 2 is 2.11 bits per heavy atom. The lowest BCUT2D eigenvalue weighted by Crippen LogP contribution is -2.39. The van der Waals surface area contributed by atoms with Crippen LogP contribution in [0.15, 0.2) is 18.2 Å². The summed E-state index contributed by atoms with van der Waals surface area (Å²) in [5.41, 5.74) is 3.29. The molecule has 4 nitrogen and oxygen atoms in total. The molecule has 0 radical (unpaired) electrons. The Kier molecular flexibility index (Phi) is 3.99. The van der Waals surface area contributed by atoms with Crippen LogP contribution < -0.4 is 10.6 Å². The van der Waals surface area contributed by atoms with Crippen LogP contribution in [0.25, 0.3) is 0 Å². The average Bonchev–Trinajstić information content (AvgIpc) is 2.74. The molecule has 1 aromatic carbocycles. The van der Waals surface area contributed by atoms with E-state index in [2.05, 4.69) is 15.5 Å². The zero-order valence-electron chi connectivity index (χ0n) is 11.3. The van der Waals surface area contributed by atoms with Gasteiger partial charge in [0.1, 0.15) is 0 Å². The lowest BCUT2D eigenvalue weighted by Gasteiger charge is -2.18. The predicted molar refractivity (Wildman–Crippen MR) is 72.5 cm³/mol. The molecule has 1 atom stereocenters. The smallest absolute Gasteiger partial charge is 0.251 e. The van der Waals surface area contributed by atoms with Crippen molar-refractivity contribution in [3.63, 3.8) is 0 Å². The van der Waals surface area contributed by atoms with Crippen molar-refractivity contribution in [3.05, 3.63) is 34.9 Å². The summed E-state index contributed by atoms with van der Waals surface area (Å²) in [6.07, 6.45) is 0. The fraction of sp³-hybridized carbons (Fsp3) is 0.500. The molecule has 0 saturated heterocycles. The molecule has 1 heterocycles. The highest BCUT2D eigenvalue weighted by Gasteiger charge is 2.14. The summed E-state index contributed by atoms with van der Waals surface area (Å²) in [6.45, 7) is 4.64. The van der Waals surface area contributed by atoms with Crippen LogP contribution in [0.2, 0.25) is 0 Å². The van der Waals surface area contributed by atoms with Crippen molar-refractivity contribution in [1.29, 1.82) is 0 Å². The van der Waals surface area contributed by atoms with E-state index < -0.39 is 0 Å². The lowest BCUT2D eigenvalue weighted by atomic mass is 10.1. The van der Waals surface area contributed by atoms with Gasteiger partial charge in [-0.25, -0.2) is 0 Å². The van der Waals surface area contributed by atoms with E-state index in [1.807, 2.05) is 39.2 Å². The molecule has 1 aliphatic heterocycles. The van der Waals surface area contributed by atoms with E-state index in [4.69, 9.17) is 0 Å². The first kappa shape index (κ1) is 13.1. The largest absolute Gasteiger partial charge is 0.348 e. The second kappa shape index (κ2) is 5.50. The number of fused-ring (bicyclic) bond motifs is 1. The van der Waals surface area contributed by atoms with Gasteiger partial charge in [-0.3, -0.25) is 4.79 Å². The van der Waals surface area contributed by atoms with E-state index in [1.165, 1.54) is 11.1 Å². The van der Waals surface area contributed by atoms with E-state index >= 15 is 0 Å². The topological polar surface area (TPSA) is 44.4 Å². The van der Waals surface area contributed by atoms with Crippen LogP contribution in [0.4, 0.5) is 0 Å². The second-order valence-corrected chi connectivity index (χ2v) is 5.22. The molecule has 18 heavy (non-hydrogen) atoms. The molecule has 0 fully saturated rings. The third-order valence-electron chi connectivity index (χ3n) is 3.12. The molecular weight excluding hydrogens is 226 g/mol. The summed E-state index contributed by atoms with van der Waals surface area (Å²) in [6, 6.07) is 6.09. The molecule has 98 valence electrons. The monoisotopic (exact) mass is 247 g/mol. The molecule has 1 unspecified atom stereocenters. The number of amides is 1. The van der Waals surface area contributed by atoms with Gasteiger partial charge in [0, 0.05) is 31.2 Å². The maximum absolute atomic E-state index is 12.1. The predicted octanol–water partition coefficient (Wildman–Crippen LogP) is 0.970. The first-order valence-corrected chi connectivity index (χ1v) is 6.34. The molecule has 1 amide bonds. The molecule has 0 aliphatic carbocycles. The second-order valence-electron chi connectivity index (χ2n) is 5.22. The molecule has 0 saturated carbocycles. The van der Waals surface area contributed by atoms with Gasteiger partial charge in [-0.2, -0.15) is 0 Å². The van der Waals surface area contributed by atoms with Gasteiger partial charge in [0.15, 0.2) is 0 Å². The zero-order valence-corrected chi connectivity index (χ0v) is 11.3. The number of nitrogens with one attached hydrogen (secondary N) is 2. The van der Waals surface area contributed by atoms with Crippen molar-refractivity contribution in [1.82, 2.24) is 15.5 Å². The van der Waals surface area contributed by atoms with Crippen LogP contribution >= 0.6 is 0 Å². The van der Waals surface area contributed by atoms with E-state index in [0.29, 0.717) is 0 Å². The van der Waals surface area contributed by atoms with Gasteiger partial charge in [-0.15, -0.1) is 0 Å². The summed E-state index contributed by atoms with van der Waals surface area (Å²) in [7, 11) is 4.01. The Morgan fingerprint density at radius 3 is 2.83 bits per heavy atom. The number of nitrogens with zero attached hydrogens (tertiary/aromatic N) is 1. The fourth-order valence-electron chi connectivity index (χ4n) is 2.34. The summed E-state index contributed by atoms with van der Waals surface area (Å²) in [5, 5.41) is 6.30. The van der Waals surface area contributed by atoms with E-state index in [-0.39, 0.29) is 11.9 Å². The number of carbonyl (C=O) groups is 1. The Labute approximate surface area is 108 Å². The van der Waals surface area contributed by atoms with Crippen LogP contribution in [0.5, 0.6) is 0 Å². The molecule has 1 aliphatic rings. The van der Waals surface area contributed by atoms with Gasteiger partial charge in [0.2, 0.25) is 0 Å². The van der Waals surface area contributed by atoms with Crippen LogP contribution in [-0.4, -0.2) is 37.5 Å². The zero-order chi connectivity index (χ0) is 13.1. The molecule has 1 aromatic rings. The highest BCUT2D eigenvalue weighted by molar-refractivity contribution is 5.94. The summed E-state index contributed by atoms with van der Waals surface area (Å²) in [5.74, 6) is 0.0130. The van der Waals surface area contributed by atoms with E-state index in [0.717, 1.165) is 25.2 Å². The first-order valence-electron chi connectivity index (χ1n) is 6.34. The summed E-state index contributed by atoms with van der Waals surface area (Å²) < 4.78 is 0. The number of likely N-dealkylation sites (N-methyl/N-ethyl adjacent to an activating group) is 1. The van der Waals surface area contributed by atoms with Gasteiger partial charge in [-0.1, -0.05) is 6.07 Å². The minimum atomic E-state index is 0.0130. The Hall–Kier alpha value is -1.39. The first-order chi connectivity index (χ1) is 8.56. The minimum Gasteiger partial charge on any atom is -0.348 e. The third kappa shape index (κ3) is 3.09. The van der Waals surface area contributed by atoms with Gasteiger partial charge in [-0.05, 0) is 44.3 Å². The number of hydrogen-bond donors (Lipinski definition) is 2. The van der Waals surface area contributed by atoms with Crippen LogP contribution in [0.3, 0.4) is 0 Å². The average molecular weight is 247 g/mol. The summed E-state index contributed by atoms with van der Waals surface area (Å²) >= 11 is 0. The molecule has 2 rings (SSSR count). The third-order valence-corrected chi connectivity index (χ3v) is 3.12. The SMILES string of the molecule is CC(CN(C)C)NC(=O)c1ccc2c(c1)CNC2. The van der Waals surface area contributed by atoms with Crippen molar-refractivity contribution >= 4 is 5.91 Å². The van der Waals surface area contributed by atoms with Gasteiger partial charge >= 0.3 is 0 Å². The maximum Gasteiger partial charge on any atom is 0.251 e. The van der Waals surface area contributed by atoms with E-state index in [9.17, 15) is 4.79 Å². The normalized spacial score (nSPS) is 15.6. The molecule has 0 bridgehead atoms. The summed E-state index contributed by atoms with van der Waals surface area (Å²) in [4.78, 5) is 14.2. The lowest BCUT2D eigenvalue weighted by molar-refractivity contribution is 0.0934. The Balaban J connectivity index is 2.01. The Bertz CT molecular complexity index is 443. The quantitative estimate of drug-likeness (QED) is 0.833. The van der Waals surface area contributed by atoms with Gasteiger partial charge in [0.25, 0.3) is 5.91 Å². The molecule has 0 aromatic heterocycles. The van der Waals surface area contributed by atoms with Crippen LogP contribution in [0.1, 0.15) is 28.4 Å². The van der Waals surface area contributed by atoms with Crippen LogP contribution in [0, 0.1) is 0 Å². The molecule has 0 spiro atoms. The molecule has 4 heteroatoms. The van der Waals surface area contributed by atoms with Gasteiger partial charge < -0.3 is 15.5 Å². The van der Waals surface area contributed by atoms with Crippen molar-refractivity contribution in [2.24, 2.45) is 0 Å². The number of hydrogen-bond acceptors (Lipinski definition) is 3. The molecule has 2 N–H and O–H groups in total. The number of benzene rings is 1. The van der Waals surface area contributed by atoms with Crippen molar-refractivity contribution in [2.45, 2.75) is 26.1 Å². The highest BCUT2D eigenvalue weighted by Crippen LogP contribution is 2.17. The van der Waals surface area contributed by atoms with Crippen LogP contribution in [-0.2, 0) is 13.1 Å². The van der Waals surface area contributed by atoms with Crippen molar-refractivity contribution < 1.29 is 4.79 Å². The number of rotatable bonds is 4. The standard InChI is InChI=1S/C14H21N3O/c1-10(9-17(2)3)16-14(18)11-4-5-12-7-15-8-13(12)6-11/h4-6,10,15H,7-9H2,1-3H3,(H,16,18). The molecular formula is C14H21N3O. The number of carbonyl (C=O) groups excluding carboxylic acids is 1. The maximum atomic E-state index is 12.1. The van der Waals surface area contributed by atoms with E-state index in [1.54, 1.807) is 0 Å². The minimum absolute atomic E-state index is 0.0130. The highest BCUT2D eigenvalue weighted by atomic mass is 16.1. The fourth-order valence-corrected chi connectivity index (χ4v) is 2.34.